The van der Waals surface area contributed by atoms with Crippen LogP contribution in [0, 0.1) is 6.92 Å². The molecule has 0 fully saturated rings. The van der Waals surface area contributed by atoms with Gasteiger partial charge in [-0.05, 0) is 56.3 Å². The molecule has 3 aromatic rings. The molecule has 0 amide bonds. The van der Waals surface area contributed by atoms with E-state index in [2.05, 4.69) is 9.82 Å². The summed E-state index contributed by atoms with van der Waals surface area (Å²) >= 11 is 1.43. The van der Waals surface area contributed by atoms with Crippen LogP contribution < -0.4 is 4.72 Å². The SMILES string of the molecule is CC.CNSc1ccc(-n2nc(C(F)(F)F)cc2-c2ccc(C)cc2)cc1. The number of aromatic nitrogens is 2. The molecule has 0 atom stereocenters. The van der Waals surface area contributed by atoms with Crippen LogP contribution >= 0.6 is 11.9 Å². The smallest absolute Gasteiger partial charge is 0.263 e. The highest BCUT2D eigenvalue weighted by Crippen LogP contribution is 2.33. The minimum absolute atomic E-state index is 0.404. The van der Waals surface area contributed by atoms with E-state index in [1.165, 1.54) is 16.6 Å². The van der Waals surface area contributed by atoms with Gasteiger partial charge in [-0.2, -0.15) is 18.3 Å². The van der Waals surface area contributed by atoms with E-state index in [1.54, 1.807) is 31.3 Å². The van der Waals surface area contributed by atoms with Crippen molar-refractivity contribution in [3.63, 3.8) is 0 Å². The van der Waals surface area contributed by atoms with E-state index in [0.29, 0.717) is 16.9 Å². The molecule has 0 aliphatic heterocycles. The third-order valence-corrected chi connectivity index (χ3v) is 4.36. The van der Waals surface area contributed by atoms with Crippen molar-refractivity contribution in [2.75, 3.05) is 7.05 Å². The molecular weight excluding hydrogens is 371 g/mol. The summed E-state index contributed by atoms with van der Waals surface area (Å²) in [5, 5.41) is 3.80. The summed E-state index contributed by atoms with van der Waals surface area (Å²) in [6, 6.07) is 15.6. The summed E-state index contributed by atoms with van der Waals surface area (Å²) in [5.74, 6) is 0. The minimum Gasteiger partial charge on any atom is -0.263 e. The number of nitrogens with one attached hydrogen (secondary N) is 1. The Bertz CT molecular complexity index is 854. The van der Waals surface area contributed by atoms with Gasteiger partial charge < -0.3 is 0 Å². The molecule has 3 nitrogen and oxygen atoms in total. The van der Waals surface area contributed by atoms with Crippen molar-refractivity contribution in [3.8, 4) is 16.9 Å². The van der Waals surface area contributed by atoms with Crippen molar-refractivity contribution in [2.24, 2.45) is 0 Å². The molecule has 0 saturated carbocycles. The lowest BCUT2D eigenvalue weighted by atomic mass is 10.1. The quantitative estimate of drug-likeness (QED) is 0.542. The monoisotopic (exact) mass is 393 g/mol. The Hall–Kier alpha value is -2.25. The Kier molecular flexibility index (Phi) is 7.10. The maximum atomic E-state index is 13.2. The Labute approximate surface area is 161 Å². The average molecular weight is 393 g/mol. The van der Waals surface area contributed by atoms with Crippen molar-refractivity contribution < 1.29 is 13.2 Å². The van der Waals surface area contributed by atoms with E-state index in [1.807, 2.05) is 45.0 Å². The summed E-state index contributed by atoms with van der Waals surface area (Å²) in [7, 11) is 1.80. The number of hydrogen-bond acceptors (Lipinski definition) is 3. The van der Waals surface area contributed by atoms with E-state index >= 15 is 0 Å². The van der Waals surface area contributed by atoms with Crippen LogP contribution in [0.25, 0.3) is 16.9 Å². The van der Waals surface area contributed by atoms with Gasteiger partial charge in [0.15, 0.2) is 5.69 Å². The summed E-state index contributed by atoms with van der Waals surface area (Å²) in [6.45, 7) is 5.93. The fraction of sp³-hybridized carbons (Fsp3) is 0.250. The van der Waals surface area contributed by atoms with Crippen LogP contribution in [0.4, 0.5) is 13.2 Å². The Morgan fingerprint density at radius 2 is 1.56 bits per heavy atom. The lowest BCUT2D eigenvalue weighted by Gasteiger charge is -2.09. The molecule has 0 unspecified atom stereocenters. The van der Waals surface area contributed by atoms with Crippen LogP contribution in [0.15, 0.2) is 59.5 Å². The molecule has 27 heavy (non-hydrogen) atoms. The van der Waals surface area contributed by atoms with Gasteiger partial charge in [0.1, 0.15) is 0 Å². The van der Waals surface area contributed by atoms with E-state index in [0.717, 1.165) is 16.5 Å². The molecule has 0 aliphatic rings. The number of aryl methyl sites for hydroxylation is 1. The van der Waals surface area contributed by atoms with E-state index in [9.17, 15) is 13.2 Å². The molecule has 3 rings (SSSR count). The largest absolute Gasteiger partial charge is 0.435 e. The van der Waals surface area contributed by atoms with Gasteiger partial charge >= 0.3 is 6.18 Å². The third kappa shape index (κ3) is 5.14. The summed E-state index contributed by atoms with van der Waals surface area (Å²) < 4.78 is 43.8. The lowest BCUT2D eigenvalue weighted by Crippen LogP contribution is -2.07. The lowest BCUT2D eigenvalue weighted by molar-refractivity contribution is -0.141. The summed E-state index contributed by atoms with van der Waals surface area (Å²) in [4.78, 5) is 0.964. The zero-order valence-electron chi connectivity index (χ0n) is 15.6. The molecule has 144 valence electrons. The molecule has 0 spiro atoms. The highest BCUT2D eigenvalue weighted by molar-refractivity contribution is 7.97. The van der Waals surface area contributed by atoms with Crippen molar-refractivity contribution >= 4 is 11.9 Å². The fourth-order valence-corrected chi connectivity index (χ4v) is 2.93. The van der Waals surface area contributed by atoms with Crippen molar-refractivity contribution in [1.82, 2.24) is 14.5 Å². The second-order valence-corrected chi connectivity index (χ2v) is 6.57. The Morgan fingerprint density at radius 1 is 0.963 bits per heavy atom. The topological polar surface area (TPSA) is 29.9 Å². The molecule has 0 aliphatic carbocycles. The second kappa shape index (κ2) is 9.10. The molecule has 1 heterocycles. The second-order valence-electron chi connectivity index (χ2n) is 5.49. The number of nitrogens with zero attached hydrogens (tertiary/aromatic N) is 2. The van der Waals surface area contributed by atoms with E-state index < -0.39 is 11.9 Å². The Morgan fingerprint density at radius 3 is 2.07 bits per heavy atom. The standard InChI is InChI=1S/C18H16F3N3S.C2H6/c1-12-3-5-13(6-4-12)16-11-17(18(19,20)21)23-24(16)14-7-9-15(10-8-14)25-22-2;1-2/h3-11,22H,1-2H3;1-2H3. The summed E-state index contributed by atoms with van der Waals surface area (Å²) in [6.07, 6.45) is -4.49. The van der Waals surface area contributed by atoms with Gasteiger partial charge in [-0.25, -0.2) is 4.68 Å². The fourth-order valence-electron chi connectivity index (χ4n) is 2.42. The highest BCUT2D eigenvalue weighted by Gasteiger charge is 2.35. The first-order valence-corrected chi connectivity index (χ1v) is 9.38. The molecule has 0 radical (unpaired) electrons. The third-order valence-electron chi connectivity index (χ3n) is 3.65. The van der Waals surface area contributed by atoms with Gasteiger partial charge in [0.2, 0.25) is 0 Å². The van der Waals surface area contributed by atoms with E-state index in [4.69, 9.17) is 0 Å². The molecule has 0 saturated heterocycles. The van der Waals surface area contributed by atoms with Crippen LogP contribution in [0.2, 0.25) is 0 Å². The number of benzene rings is 2. The van der Waals surface area contributed by atoms with Gasteiger partial charge in [0.05, 0.1) is 11.4 Å². The Balaban J connectivity index is 0.00000126. The first kappa shape index (κ1) is 21.1. The summed E-state index contributed by atoms with van der Waals surface area (Å²) in [5.41, 5.74) is 1.80. The average Bonchev–Trinajstić information content (AvgIpc) is 3.11. The van der Waals surface area contributed by atoms with Crippen molar-refractivity contribution in [2.45, 2.75) is 31.8 Å². The predicted octanol–water partition coefficient (Wildman–Crippen LogP) is 6.12. The van der Waals surface area contributed by atoms with Crippen LogP contribution in [-0.4, -0.2) is 16.8 Å². The zero-order chi connectivity index (χ0) is 20.0. The van der Waals surface area contributed by atoms with Crippen molar-refractivity contribution in [1.29, 1.82) is 0 Å². The van der Waals surface area contributed by atoms with Crippen LogP contribution in [0.1, 0.15) is 25.1 Å². The number of hydrogen-bond donors (Lipinski definition) is 1. The van der Waals surface area contributed by atoms with Gasteiger partial charge in [-0.15, -0.1) is 0 Å². The first-order chi connectivity index (χ1) is 12.9. The number of rotatable bonds is 4. The molecule has 1 aromatic heterocycles. The molecular formula is C20H22F3N3S. The maximum absolute atomic E-state index is 13.2. The van der Waals surface area contributed by atoms with Crippen molar-refractivity contribution in [3.05, 3.63) is 65.9 Å². The van der Waals surface area contributed by atoms with Gasteiger partial charge in [0.25, 0.3) is 0 Å². The van der Waals surface area contributed by atoms with Crippen LogP contribution in [-0.2, 0) is 6.18 Å². The molecule has 1 N–H and O–H groups in total. The van der Waals surface area contributed by atoms with Gasteiger partial charge in [-0.1, -0.05) is 43.7 Å². The van der Waals surface area contributed by atoms with Gasteiger partial charge in [0, 0.05) is 10.5 Å². The van der Waals surface area contributed by atoms with E-state index in [-0.39, 0.29) is 0 Å². The highest BCUT2D eigenvalue weighted by atomic mass is 32.2. The first-order valence-electron chi connectivity index (χ1n) is 8.57. The molecule has 2 aromatic carbocycles. The molecule has 7 heteroatoms. The predicted molar refractivity (Wildman–Crippen MR) is 105 cm³/mol. The number of halogens is 3. The number of alkyl halides is 3. The molecule has 0 bridgehead atoms. The zero-order valence-corrected chi connectivity index (χ0v) is 16.4. The van der Waals surface area contributed by atoms with Crippen LogP contribution in [0.3, 0.4) is 0 Å². The van der Waals surface area contributed by atoms with Crippen LogP contribution in [0.5, 0.6) is 0 Å². The maximum Gasteiger partial charge on any atom is 0.435 e. The minimum atomic E-state index is -4.49. The van der Waals surface area contributed by atoms with Gasteiger partial charge in [-0.3, -0.25) is 4.72 Å². The normalized spacial score (nSPS) is 11.1.